The molecule has 1 aromatic rings. The topological polar surface area (TPSA) is 83.5 Å². The number of nitrogens with two attached hydrogens (primary N) is 1. The Balaban J connectivity index is 2.75. The third kappa shape index (κ3) is 2.54. The number of rotatable bonds is 3. The van der Waals surface area contributed by atoms with Crippen LogP contribution in [0.15, 0.2) is 30.3 Å². The van der Waals surface area contributed by atoms with Crippen molar-refractivity contribution in [2.45, 2.75) is 12.1 Å². The maximum Gasteiger partial charge on any atom is 0.351 e. The summed E-state index contributed by atoms with van der Waals surface area (Å²) in [4.78, 5) is 10.5. The summed E-state index contributed by atoms with van der Waals surface area (Å²) in [5, 5.41) is 17.8. The van der Waals surface area contributed by atoms with Crippen LogP contribution in [0.3, 0.4) is 0 Å². The molecule has 0 aliphatic heterocycles. The summed E-state index contributed by atoms with van der Waals surface area (Å²) >= 11 is 0. The highest BCUT2D eigenvalue weighted by Crippen LogP contribution is 2.08. The molecular formula is C9H11NO3. The van der Waals surface area contributed by atoms with Gasteiger partial charge < -0.3 is 10.2 Å². The average molecular weight is 181 g/mol. The number of carbonyl (C=O) groups is 1. The van der Waals surface area contributed by atoms with E-state index >= 15 is 0 Å². The molecule has 1 aromatic carbocycles. The van der Waals surface area contributed by atoms with Gasteiger partial charge in [0, 0.05) is 6.42 Å². The minimum atomic E-state index is -2.18. The van der Waals surface area contributed by atoms with E-state index in [2.05, 4.69) is 0 Å². The number of benzene rings is 1. The first-order valence-electron chi connectivity index (χ1n) is 3.81. The van der Waals surface area contributed by atoms with Crippen LogP contribution in [0.25, 0.3) is 0 Å². The summed E-state index contributed by atoms with van der Waals surface area (Å²) in [5.41, 5.74) is 3.66. The number of hydrogen-bond donors (Lipinski definition) is 3. The molecule has 70 valence electrons. The fourth-order valence-corrected chi connectivity index (χ4v) is 0.983. The van der Waals surface area contributed by atoms with Crippen molar-refractivity contribution in [1.29, 1.82) is 0 Å². The van der Waals surface area contributed by atoms with Crippen LogP contribution in [0, 0.1) is 0 Å². The first-order valence-corrected chi connectivity index (χ1v) is 3.81. The van der Waals surface area contributed by atoms with Crippen LogP contribution in [-0.2, 0) is 11.2 Å². The Morgan fingerprint density at radius 1 is 1.38 bits per heavy atom. The van der Waals surface area contributed by atoms with Crippen LogP contribution in [0.5, 0.6) is 0 Å². The predicted molar refractivity (Wildman–Crippen MR) is 46.9 cm³/mol. The summed E-state index contributed by atoms with van der Waals surface area (Å²) in [6.45, 7) is 0. The fraction of sp³-hybridized carbons (Fsp3) is 0.222. The van der Waals surface area contributed by atoms with E-state index < -0.39 is 11.7 Å². The van der Waals surface area contributed by atoms with E-state index in [1.165, 1.54) is 0 Å². The zero-order chi connectivity index (χ0) is 9.90. The van der Waals surface area contributed by atoms with E-state index in [-0.39, 0.29) is 6.42 Å². The van der Waals surface area contributed by atoms with Crippen LogP contribution in [-0.4, -0.2) is 21.9 Å². The molecule has 1 rings (SSSR count). The van der Waals surface area contributed by atoms with Crippen LogP contribution in [0.1, 0.15) is 5.56 Å². The van der Waals surface area contributed by atoms with Crippen molar-refractivity contribution in [1.82, 2.24) is 0 Å². The van der Waals surface area contributed by atoms with Crippen LogP contribution in [0.2, 0.25) is 0 Å². The summed E-state index contributed by atoms with van der Waals surface area (Å²) in [6.07, 6.45) is -0.0941. The Morgan fingerprint density at radius 3 is 2.38 bits per heavy atom. The Morgan fingerprint density at radius 2 is 1.92 bits per heavy atom. The van der Waals surface area contributed by atoms with Crippen molar-refractivity contribution in [3.63, 3.8) is 0 Å². The molecule has 1 atom stereocenters. The first kappa shape index (κ1) is 9.70. The van der Waals surface area contributed by atoms with Gasteiger partial charge in [-0.3, -0.25) is 5.73 Å². The Bertz CT molecular complexity index is 295. The minimum Gasteiger partial charge on any atom is -0.478 e. The molecule has 0 fully saturated rings. The van der Waals surface area contributed by atoms with Crippen molar-refractivity contribution in [3.8, 4) is 0 Å². The fourth-order valence-electron chi connectivity index (χ4n) is 0.983. The van der Waals surface area contributed by atoms with Gasteiger partial charge in [0.25, 0.3) is 0 Å². The zero-order valence-corrected chi connectivity index (χ0v) is 6.97. The molecule has 0 radical (unpaired) electrons. The summed E-state index contributed by atoms with van der Waals surface area (Å²) < 4.78 is 0. The van der Waals surface area contributed by atoms with Crippen molar-refractivity contribution in [3.05, 3.63) is 35.9 Å². The highest BCUT2D eigenvalue weighted by atomic mass is 16.4. The molecule has 13 heavy (non-hydrogen) atoms. The quantitative estimate of drug-likeness (QED) is 0.571. The largest absolute Gasteiger partial charge is 0.478 e. The number of aliphatic hydroxyl groups is 1. The summed E-state index contributed by atoms with van der Waals surface area (Å²) in [7, 11) is 0. The normalized spacial score (nSPS) is 14.9. The van der Waals surface area contributed by atoms with E-state index in [0.717, 1.165) is 0 Å². The van der Waals surface area contributed by atoms with Gasteiger partial charge in [-0.15, -0.1) is 0 Å². The highest BCUT2D eigenvalue weighted by molar-refractivity contribution is 5.76. The minimum absolute atomic E-state index is 0.0941. The molecule has 0 spiro atoms. The van der Waals surface area contributed by atoms with E-state index in [0.29, 0.717) is 5.56 Å². The van der Waals surface area contributed by atoms with Gasteiger partial charge in [0.05, 0.1) is 0 Å². The number of carboxylic acid groups (broad SMARTS) is 1. The Hall–Kier alpha value is -1.39. The SMILES string of the molecule is N[C@@](O)(Cc1ccccc1)C(=O)O. The molecule has 0 saturated carbocycles. The first-order chi connectivity index (χ1) is 6.02. The molecule has 0 heterocycles. The van der Waals surface area contributed by atoms with Gasteiger partial charge in [-0.05, 0) is 5.56 Å². The summed E-state index contributed by atoms with van der Waals surface area (Å²) in [5.74, 6) is -1.42. The second kappa shape index (κ2) is 3.55. The van der Waals surface area contributed by atoms with Gasteiger partial charge in [-0.1, -0.05) is 30.3 Å². The molecule has 4 nitrogen and oxygen atoms in total. The van der Waals surface area contributed by atoms with Crippen molar-refractivity contribution in [2.24, 2.45) is 5.73 Å². The maximum atomic E-state index is 10.5. The van der Waals surface area contributed by atoms with Crippen LogP contribution < -0.4 is 5.73 Å². The molecule has 4 N–H and O–H groups in total. The third-order valence-electron chi connectivity index (χ3n) is 1.69. The average Bonchev–Trinajstić information content (AvgIpc) is 2.05. The highest BCUT2D eigenvalue weighted by Gasteiger charge is 2.30. The van der Waals surface area contributed by atoms with Gasteiger partial charge in [-0.2, -0.15) is 0 Å². The van der Waals surface area contributed by atoms with E-state index in [1.54, 1.807) is 30.3 Å². The maximum absolute atomic E-state index is 10.5. The lowest BCUT2D eigenvalue weighted by Gasteiger charge is -2.17. The van der Waals surface area contributed by atoms with Crippen LogP contribution in [0.4, 0.5) is 0 Å². The van der Waals surface area contributed by atoms with Crippen LogP contribution >= 0.6 is 0 Å². The number of carboxylic acids is 1. The number of aliphatic carboxylic acids is 1. The molecular weight excluding hydrogens is 170 g/mol. The lowest BCUT2D eigenvalue weighted by atomic mass is 10.0. The van der Waals surface area contributed by atoms with Crippen molar-refractivity contribution < 1.29 is 15.0 Å². The van der Waals surface area contributed by atoms with Crippen molar-refractivity contribution >= 4 is 5.97 Å². The van der Waals surface area contributed by atoms with E-state index in [9.17, 15) is 9.90 Å². The Kier molecular flexibility index (Phi) is 2.65. The molecule has 0 aromatic heterocycles. The molecule has 4 heteroatoms. The van der Waals surface area contributed by atoms with E-state index in [4.69, 9.17) is 10.8 Å². The van der Waals surface area contributed by atoms with Crippen molar-refractivity contribution in [2.75, 3.05) is 0 Å². The molecule has 0 amide bonds. The number of hydrogen-bond acceptors (Lipinski definition) is 3. The smallest absolute Gasteiger partial charge is 0.351 e. The lowest BCUT2D eigenvalue weighted by Crippen LogP contribution is -2.49. The molecule has 0 aliphatic rings. The van der Waals surface area contributed by atoms with Gasteiger partial charge in [0.15, 0.2) is 0 Å². The molecule has 0 aliphatic carbocycles. The second-order valence-electron chi connectivity index (χ2n) is 2.89. The third-order valence-corrected chi connectivity index (χ3v) is 1.69. The molecule has 0 unspecified atom stereocenters. The van der Waals surface area contributed by atoms with Gasteiger partial charge in [0.1, 0.15) is 0 Å². The van der Waals surface area contributed by atoms with Gasteiger partial charge >= 0.3 is 5.97 Å². The van der Waals surface area contributed by atoms with E-state index in [1.807, 2.05) is 0 Å². The van der Waals surface area contributed by atoms with Gasteiger partial charge in [-0.25, -0.2) is 4.79 Å². The molecule has 0 bridgehead atoms. The second-order valence-corrected chi connectivity index (χ2v) is 2.89. The molecule has 0 saturated heterocycles. The summed E-state index contributed by atoms with van der Waals surface area (Å²) in [6, 6.07) is 8.74. The predicted octanol–water partition coefficient (Wildman–Crippen LogP) is -0.0390. The zero-order valence-electron chi connectivity index (χ0n) is 6.97. The standard InChI is InChI=1S/C9H11NO3/c10-9(13,8(11)12)6-7-4-2-1-3-5-7/h1-5,13H,6,10H2,(H,11,12)/t9-/m1/s1. The monoisotopic (exact) mass is 181 g/mol. The van der Waals surface area contributed by atoms with Gasteiger partial charge in [0.2, 0.25) is 5.72 Å². The Labute approximate surface area is 75.6 Å². The lowest BCUT2D eigenvalue weighted by molar-refractivity contribution is -0.157.